The lowest BCUT2D eigenvalue weighted by atomic mass is 9.88. The second-order valence-electron chi connectivity index (χ2n) is 6.67. The first kappa shape index (κ1) is 18.2. The van der Waals surface area contributed by atoms with Gasteiger partial charge in [-0.3, -0.25) is 0 Å². The van der Waals surface area contributed by atoms with E-state index in [1.54, 1.807) is 24.3 Å². The topological polar surface area (TPSA) is 83.6 Å². The molecule has 1 saturated heterocycles. The SMILES string of the molecule is O=C(O)c1cccc(C2CCN(c3ccc4nnc(C(F)(F)F)n4n3)CC2)c1. The average Bonchev–Trinajstić information content (AvgIpc) is 3.12. The highest BCUT2D eigenvalue weighted by Crippen LogP contribution is 2.31. The zero-order valence-corrected chi connectivity index (χ0v) is 14.6. The van der Waals surface area contributed by atoms with Crippen LogP contribution in [0.1, 0.15) is 40.5 Å². The van der Waals surface area contributed by atoms with Crippen LogP contribution in [0.25, 0.3) is 5.65 Å². The van der Waals surface area contributed by atoms with Crippen LogP contribution in [0.15, 0.2) is 36.4 Å². The van der Waals surface area contributed by atoms with Gasteiger partial charge in [0.2, 0.25) is 0 Å². The van der Waals surface area contributed by atoms with Gasteiger partial charge in [0.05, 0.1) is 5.56 Å². The fourth-order valence-corrected chi connectivity index (χ4v) is 3.49. The third kappa shape index (κ3) is 3.37. The van der Waals surface area contributed by atoms with Crippen molar-refractivity contribution in [3.8, 4) is 0 Å². The van der Waals surface area contributed by atoms with Gasteiger partial charge in [0.1, 0.15) is 5.82 Å². The van der Waals surface area contributed by atoms with Crippen LogP contribution >= 0.6 is 0 Å². The van der Waals surface area contributed by atoms with Gasteiger partial charge in [0, 0.05) is 13.1 Å². The fraction of sp³-hybridized carbons (Fsp3) is 0.333. The van der Waals surface area contributed by atoms with Gasteiger partial charge in [-0.1, -0.05) is 12.1 Å². The first-order valence-electron chi connectivity index (χ1n) is 8.71. The summed E-state index contributed by atoms with van der Waals surface area (Å²) in [5, 5.41) is 19.9. The molecule has 1 N–H and O–H groups in total. The van der Waals surface area contributed by atoms with Crippen molar-refractivity contribution in [2.24, 2.45) is 0 Å². The van der Waals surface area contributed by atoms with Crippen LogP contribution in [0.5, 0.6) is 0 Å². The van der Waals surface area contributed by atoms with Crippen molar-refractivity contribution < 1.29 is 23.1 Å². The Kier molecular flexibility index (Phi) is 4.40. The van der Waals surface area contributed by atoms with E-state index in [4.69, 9.17) is 5.11 Å². The van der Waals surface area contributed by atoms with E-state index in [9.17, 15) is 18.0 Å². The summed E-state index contributed by atoms with van der Waals surface area (Å²) >= 11 is 0. The summed E-state index contributed by atoms with van der Waals surface area (Å²) in [4.78, 5) is 13.1. The summed E-state index contributed by atoms with van der Waals surface area (Å²) in [6.07, 6.45) is -3.14. The maximum atomic E-state index is 13.0. The van der Waals surface area contributed by atoms with Crippen molar-refractivity contribution in [3.63, 3.8) is 0 Å². The highest BCUT2D eigenvalue weighted by atomic mass is 19.4. The van der Waals surface area contributed by atoms with Crippen molar-refractivity contribution in [2.75, 3.05) is 18.0 Å². The van der Waals surface area contributed by atoms with Gasteiger partial charge < -0.3 is 10.0 Å². The van der Waals surface area contributed by atoms with Crippen LogP contribution in [0.2, 0.25) is 0 Å². The van der Waals surface area contributed by atoms with Crippen LogP contribution in [0, 0.1) is 0 Å². The molecule has 0 radical (unpaired) electrons. The Hall–Kier alpha value is -3.17. The summed E-state index contributed by atoms with van der Waals surface area (Å²) in [6.45, 7) is 1.20. The van der Waals surface area contributed by atoms with Gasteiger partial charge in [-0.2, -0.15) is 17.7 Å². The molecule has 0 atom stereocenters. The Morgan fingerprint density at radius 1 is 1.11 bits per heavy atom. The molecule has 3 aromatic rings. The molecule has 7 nitrogen and oxygen atoms in total. The van der Waals surface area contributed by atoms with Gasteiger partial charge in [-0.15, -0.1) is 15.3 Å². The molecule has 146 valence electrons. The molecule has 1 aromatic carbocycles. The van der Waals surface area contributed by atoms with Gasteiger partial charge >= 0.3 is 12.1 Å². The zero-order valence-electron chi connectivity index (χ0n) is 14.6. The number of piperidine rings is 1. The van der Waals surface area contributed by atoms with Crippen LogP contribution in [0.3, 0.4) is 0 Å². The molecule has 1 aliphatic rings. The van der Waals surface area contributed by atoms with E-state index in [2.05, 4.69) is 15.3 Å². The molecule has 28 heavy (non-hydrogen) atoms. The van der Waals surface area contributed by atoms with E-state index < -0.39 is 18.0 Å². The first-order chi connectivity index (χ1) is 13.3. The van der Waals surface area contributed by atoms with E-state index in [1.165, 1.54) is 6.07 Å². The van der Waals surface area contributed by atoms with Crippen LogP contribution in [0.4, 0.5) is 19.0 Å². The van der Waals surface area contributed by atoms with Crippen LogP contribution in [-0.2, 0) is 6.18 Å². The largest absolute Gasteiger partial charge is 0.478 e. The second kappa shape index (κ2) is 6.77. The summed E-state index contributed by atoms with van der Waals surface area (Å²) in [6, 6.07) is 9.97. The van der Waals surface area contributed by atoms with Crippen molar-refractivity contribution in [1.82, 2.24) is 19.8 Å². The number of fused-ring (bicyclic) bond motifs is 1. The molecule has 0 bridgehead atoms. The maximum Gasteiger partial charge on any atom is 0.453 e. The van der Waals surface area contributed by atoms with Crippen molar-refractivity contribution in [1.29, 1.82) is 0 Å². The summed E-state index contributed by atoms with van der Waals surface area (Å²) in [7, 11) is 0. The summed E-state index contributed by atoms with van der Waals surface area (Å²) < 4.78 is 39.8. The normalized spacial score (nSPS) is 15.9. The van der Waals surface area contributed by atoms with Gasteiger partial charge in [-0.25, -0.2) is 4.79 Å². The van der Waals surface area contributed by atoms with E-state index in [0.29, 0.717) is 18.9 Å². The molecular formula is C18H16F3N5O2. The number of aromatic carboxylic acids is 1. The molecule has 3 heterocycles. The quantitative estimate of drug-likeness (QED) is 0.738. The molecule has 4 rings (SSSR count). The third-order valence-corrected chi connectivity index (χ3v) is 4.93. The molecule has 0 aliphatic carbocycles. The number of anilines is 1. The lowest BCUT2D eigenvalue weighted by molar-refractivity contribution is -0.146. The molecule has 0 amide bonds. The lowest BCUT2D eigenvalue weighted by Crippen LogP contribution is -2.34. The first-order valence-corrected chi connectivity index (χ1v) is 8.71. The van der Waals surface area contributed by atoms with Crippen molar-refractivity contribution >= 4 is 17.4 Å². The molecule has 0 spiro atoms. The average molecular weight is 391 g/mol. The van der Waals surface area contributed by atoms with Crippen LogP contribution in [-0.4, -0.2) is 44.0 Å². The number of halogens is 3. The minimum atomic E-state index is -4.63. The Morgan fingerprint density at radius 2 is 1.86 bits per heavy atom. The third-order valence-electron chi connectivity index (χ3n) is 4.93. The molecule has 1 aliphatic heterocycles. The van der Waals surface area contributed by atoms with Gasteiger partial charge in [0.25, 0.3) is 5.82 Å². The van der Waals surface area contributed by atoms with Crippen LogP contribution < -0.4 is 4.90 Å². The number of carbonyl (C=O) groups is 1. The Balaban J connectivity index is 1.52. The number of aromatic nitrogens is 4. The number of hydrogen-bond donors (Lipinski definition) is 1. The molecular weight excluding hydrogens is 375 g/mol. The number of benzene rings is 1. The van der Waals surface area contributed by atoms with Gasteiger partial charge in [-0.05, 0) is 48.6 Å². The number of rotatable bonds is 3. The van der Waals surface area contributed by atoms with E-state index in [-0.39, 0.29) is 17.1 Å². The molecule has 0 saturated carbocycles. The fourth-order valence-electron chi connectivity index (χ4n) is 3.49. The minimum absolute atomic E-state index is 0.0384. The van der Waals surface area contributed by atoms with Crippen molar-refractivity contribution in [2.45, 2.75) is 24.9 Å². The predicted molar refractivity (Wildman–Crippen MR) is 93.4 cm³/mol. The summed E-state index contributed by atoms with van der Waals surface area (Å²) in [5.74, 6) is -1.49. The highest BCUT2D eigenvalue weighted by molar-refractivity contribution is 5.87. The Morgan fingerprint density at radius 3 is 2.54 bits per heavy atom. The van der Waals surface area contributed by atoms with E-state index in [1.807, 2.05) is 11.0 Å². The molecule has 0 unspecified atom stereocenters. The molecule has 2 aromatic heterocycles. The van der Waals surface area contributed by atoms with Crippen molar-refractivity contribution in [3.05, 3.63) is 53.3 Å². The Labute approximate surface area is 157 Å². The highest BCUT2D eigenvalue weighted by Gasteiger charge is 2.38. The predicted octanol–water partition coefficient (Wildman–Crippen LogP) is 3.23. The number of alkyl halides is 3. The maximum absolute atomic E-state index is 13.0. The molecule has 10 heteroatoms. The lowest BCUT2D eigenvalue weighted by Gasteiger charge is -2.33. The van der Waals surface area contributed by atoms with Gasteiger partial charge in [0.15, 0.2) is 5.65 Å². The number of carboxylic acids is 1. The minimum Gasteiger partial charge on any atom is -0.478 e. The Bertz CT molecular complexity index is 1030. The monoisotopic (exact) mass is 391 g/mol. The smallest absolute Gasteiger partial charge is 0.453 e. The number of carboxylic acid groups (broad SMARTS) is 1. The summed E-state index contributed by atoms with van der Waals surface area (Å²) in [5.41, 5.74) is 1.25. The molecule has 1 fully saturated rings. The zero-order chi connectivity index (χ0) is 19.9. The second-order valence-corrected chi connectivity index (χ2v) is 6.67. The van der Waals surface area contributed by atoms with E-state index >= 15 is 0 Å². The number of hydrogen-bond acceptors (Lipinski definition) is 5. The number of nitrogens with zero attached hydrogens (tertiary/aromatic N) is 5. The van der Waals surface area contributed by atoms with E-state index in [0.717, 1.165) is 22.9 Å². The standard InChI is InChI=1S/C18H16F3N5O2/c19-18(20,21)17-23-22-14-4-5-15(24-26(14)17)25-8-6-11(7-9-25)12-2-1-3-13(10-12)16(27)28/h1-5,10-11H,6-9H2,(H,27,28).